The topological polar surface area (TPSA) is 53.4 Å². The molecule has 0 fully saturated rings. The fourth-order valence-electron chi connectivity index (χ4n) is 1.87. The fourth-order valence-corrected chi connectivity index (χ4v) is 1.87. The number of benzene rings is 1. The van der Waals surface area contributed by atoms with Crippen LogP contribution >= 0.6 is 0 Å². The zero-order valence-electron chi connectivity index (χ0n) is 10.7. The van der Waals surface area contributed by atoms with Crippen LogP contribution in [0.15, 0.2) is 16.9 Å². The Morgan fingerprint density at radius 1 is 1.28 bits per heavy atom. The van der Waals surface area contributed by atoms with Crippen molar-refractivity contribution >= 4 is 11.0 Å². The molecule has 0 saturated carbocycles. The van der Waals surface area contributed by atoms with Crippen molar-refractivity contribution in [3.05, 3.63) is 35.1 Å². The summed E-state index contributed by atoms with van der Waals surface area (Å²) in [7, 11) is 4.82. The summed E-state index contributed by atoms with van der Waals surface area (Å²) >= 11 is 0. The third kappa shape index (κ3) is 1.81. The summed E-state index contributed by atoms with van der Waals surface area (Å²) in [4.78, 5) is 16.3. The van der Waals surface area contributed by atoms with Crippen molar-refractivity contribution in [2.24, 2.45) is 7.05 Å². The van der Waals surface area contributed by atoms with Gasteiger partial charge >= 0.3 is 0 Å². The van der Waals surface area contributed by atoms with Crippen LogP contribution < -0.4 is 15.0 Å². The number of hydrogen-bond acceptors (Lipinski definition) is 4. The average molecular weight is 247 g/mol. The van der Waals surface area contributed by atoms with Crippen molar-refractivity contribution in [3.63, 3.8) is 0 Å². The van der Waals surface area contributed by atoms with Crippen LogP contribution in [0.25, 0.3) is 11.0 Å². The van der Waals surface area contributed by atoms with Gasteiger partial charge in [0.25, 0.3) is 5.56 Å². The summed E-state index contributed by atoms with van der Waals surface area (Å²) in [5.74, 6) is 1.16. The third-order valence-electron chi connectivity index (χ3n) is 2.89. The first-order chi connectivity index (χ1) is 8.62. The molecule has 0 N–H and O–H groups in total. The molecular weight excluding hydrogens is 232 g/mol. The molecule has 18 heavy (non-hydrogen) atoms. The molecule has 1 aromatic heterocycles. The quantitative estimate of drug-likeness (QED) is 0.821. The standard InChI is InChI=1S/C13H15N2O3/c1-5-8-13(16)15(2)10-7-12(18-4)11(17-3)6-9(10)14-8/h6-7H,1,5H2,2-4H3. The minimum atomic E-state index is -0.135. The van der Waals surface area contributed by atoms with E-state index in [1.165, 1.54) is 0 Å². The number of hydrogen-bond donors (Lipinski definition) is 0. The molecular formula is C13H15N2O3. The Balaban J connectivity index is 2.85. The van der Waals surface area contributed by atoms with Crippen LogP contribution in [0.1, 0.15) is 5.69 Å². The molecule has 5 heteroatoms. The molecule has 0 atom stereocenters. The molecule has 2 aromatic rings. The number of ether oxygens (including phenoxy) is 2. The highest BCUT2D eigenvalue weighted by Gasteiger charge is 2.12. The highest BCUT2D eigenvalue weighted by atomic mass is 16.5. The molecule has 95 valence electrons. The number of aromatic nitrogens is 2. The lowest BCUT2D eigenvalue weighted by Crippen LogP contribution is -2.22. The maximum absolute atomic E-state index is 12.0. The predicted octanol–water partition coefficient (Wildman–Crippen LogP) is 1.33. The molecule has 0 aliphatic rings. The second-order valence-corrected chi connectivity index (χ2v) is 3.87. The van der Waals surface area contributed by atoms with E-state index in [1.807, 2.05) is 0 Å². The summed E-state index contributed by atoms with van der Waals surface area (Å²) < 4.78 is 12.0. The first kappa shape index (κ1) is 12.4. The Hall–Kier alpha value is -2.04. The van der Waals surface area contributed by atoms with Gasteiger partial charge in [0.1, 0.15) is 5.69 Å². The number of fused-ring (bicyclic) bond motifs is 1. The summed E-state index contributed by atoms with van der Waals surface area (Å²) in [6.07, 6.45) is 0.358. The van der Waals surface area contributed by atoms with Crippen LogP contribution in [0.5, 0.6) is 11.5 Å². The van der Waals surface area contributed by atoms with Crippen molar-refractivity contribution < 1.29 is 9.47 Å². The lowest BCUT2D eigenvalue weighted by molar-refractivity contribution is 0.355. The lowest BCUT2D eigenvalue weighted by Gasteiger charge is -2.11. The van der Waals surface area contributed by atoms with E-state index in [9.17, 15) is 4.79 Å². The molecule has 2 rings (SSSR count). The number of methoxy groups -OCH3 is 2. The van der Waals surface area contributed by atoms with E-state index < -0.39 is 0 Å². The first-order valence-corrected chi connectivity index (χ1v) is 5.53. The summed E-state index contributed by atoms with van der Waals surface area (Å²) in [5.41, 5.74) is 1.70. The molecule has 1 aromatic carbocycles. The zero-order chi connectivity index (χ0) is 13.3. The Labute approximate surface area is 105 Å². The summed E-state index contributed by atoms with van der Waals surface area (Å²) in [6.45, 7) is 3.71. The normalized spacial score (nSPS) is 10.7. The minimum absolute atomic E-state index is 0.135. The van der Waals surface area contributed by atoms with E-state index in [2.05, 4.69) is 11.9 Å². The van der Waals surface area contributed by atoms with E-state index in [1.54, 1.807) is 38.0 Å². The van der Waals surface area contributed by atoms with Crippen molar-refractivity contribution in [2.45, 2.75) is 6.42 Å². The van der Waals surface area contributed by atoms with E-state index >= 15 is 0 Å². The third-order valence-corrected chi connectivity index (χ3v) is 2.89. The van der Waals surface area contributed by atoms with Crippen molar-refractivity contribution in [2.75, 3.05) is 14.2 Å². The van der Waals surface area contributed by atoms with Crippen LogP contribution in [-0.2, 0) is 13.5 Å². The molecule has 1 radical (unpaired) electrons. The summed E-state index contributed by atoms with van der Waals surface area (Å²) in [6, 6.07) is 3.50. The van der Waals surface area contributed by atoms with Gasteiger partial charge in [-0.1, -0.05) is 0 Å². The van der Waals surface area contributed by atoms with Crippen LogP contribution in [0, 0.1) is 6.92 Å². The van der Waals surface area contributed by atoms with Gasteiger partial charge in [0.15, 0.2) is 11.5 Å². The molecule has 5 nitrogen and oxygen atoms in total. The van der Waals surface area contributed by atoms with E-state index in [0.717, 1.165) is 0 Å². The molecule has 0 aliphatic carbocycles. The zero-order valence-corrected chi connectivity index (χ0v) is 10.7. The largest absolute Gasteiger partial charge is 0.493 e. The van der Waals surface area contributed by atoms with Gasteiger partial charge in [-0.2, -0.15) is 0 Å². The average Bonchev–Trinajstić information content (AvgIpc) is 2.41. The van der Waals surface area contributed by atoms with Crippen LogP contribution in [0.2, 0.25) is 0 Å². The number of nitrogens with zero attached hydrogens (tertiary/aromatic N) is 2. The Morgan fingerprint density at radius 2 is 1.89 bits per heavy atom. The van der Waals surface area contributed by atoms with Crippen molar-refractivity contribution in [1.29, 1.82) is 0 Å². The molecule has 0 unspecified atom stereocenters. The highest BCUT2D eigenvalue weighted by Crippen LogP contribution is 2.30. The van der Waals surface area contributed by atoms with Crippen LogP contribution in [0.4, 0.5) is 0 Å². The number of rotatable bonds is 3. The molecule has 1 heterocycles. The van der Waals surface area contributed by atoms with E-state index in [4.69, 9.17) is 9.47 Å². The highest BCUT2D eigenvalue weighted by molar-refractivity contribution is 5.79. The second kappa shape index (κ2) is 4.68. The van der Waals surface area contributed by atoms with Crippen LogP contribution in [0.3, 0.4) is 0 Å². The maximum Gasteiger partial charge on any atom is 0.272 e. The van der Waals surface area contributed by atoms with Gasteiger partial charge in [-0.25, -0.2) is 4.98 Å². The van der Waals surface area contributed by atoms with Gasteiger partial charge in [0, 0.05) is 19.2 Å². The molecule has 0 aliphatic heterocycles. The van der Waals surface area contributed by atoms with Crippen molar-refractivity contribution in [1.82, 2.24) is 9.55 Å². The van der Waals surface area contributed by atoms with E-state index in [0.29, 0.717) is 34.6 Å². The van der Waals surface area contributed by atoms with E-state index in [-0.39, 0.29) is 5.56 Å². The predicted molar refractivity (Wildman–Crippen MR) is 69.1 cm³/mol. The van der Waals surface area contributed by atoms with Gasteiger partial charge in [0.2, 0.25) is 0 Å². The fraction of sp³-hybridized carbons (Fsp3) is 0.308. The Morgan fingerprint density at radius 3 is 2.44 bits per heavy atom. The minimum Gasteiger partial charge on any atom is -0.493 e. The molecule has 0 saturated heterocycles. The molecule has 0 amide bonds. The molecule has 0 spiro atoms. The van der Waals surface area contributed by atoms with Crippen LogP contribution in [-0.4, -0.2) is 23.8 Å². The maximum atomic E-state index is 12.0. The second-order valence-electron chi connectivity index (χ2n) is 3.87. The Kier molecular flexibility index (Phi) is 3.23. The van der Waals surface area contributed by atoms with Gasteiger partial charge in [0.05, 0.1) is 25.3 Å². The smallest absolute Gasteiger partial charge is 0.272 e. The lowest BCUT2D eigenvalue weighted by atomic mass is 10.2. The first-order valence-electron chi connectivity index (χ1n) is 5.53. The van der Waals surface area contributed by atoms with Crippen molar-refractivity contribution in [3.8, 4) is 11.5 Å². The monoisotopic (exact) mass is 247 g/mol. The van der Waals surface area contributed by atoms with Gasteiger partial charge in [-0.05, 0) is 13.3 Å². The Bertz CT molecular complexity index is 647. The van der Waals surface area contributed by atoms with Gasteiger partial charge < -0.3 is 14.0 Å². The van der Waals surface area contributed by atoms with Gasteiger partial charge in [-0.15, -0.1) is 0 Å². The number of aryl methyl sites for hydroxylation is 1. The molecule has 0 bridgehead atoms. The van der Waals surface area contributed by atoms with Gasteiger partial charge in [-0.3, -0.25) is 4.79 Å². The SMILES string of the molecule is [CH2]Cc1nc2cc(OC)c(OC)cc2n(C)c1=O. The summed E-state index contributed by atoms with van der Waals surface area (Å²) in [5, 5.41) is 0.